The number of hydrogen-bond donors (Lipinski definition) is 1. The van der Waals surface area contributed by atoms with Crippen LogP contribution < -0.4 is 10.9 Å². The molecule has 2 rings (SSSR count). The summed E-state index contributed by atoms with van der Waals surface area (Å²) >= 11 is 0. The summed E-state index contributed by atoms with van der Waals surface area (Å²) in [5.41, 5.74) is 0.611. The molecule has 1 aliphatic carbocycles. The Morgan fingerprint density at radius 3 is 2.64 bits per heavy atom. The highest BCUT2D eigenvalue weighted by Gasteiger charge is 2.25. The minimum Gasteiger partial charge on any atom is -0.351 e. The van der Waals surface area contributed by atoms with Crippen molar-refractivity contribution in [3.05, 3.63) is 28.2 Å². The molecule has 0 radical (unpaired) electrons. The topological polar surface area (TPSA) is 82.5 Å². The molecule has 0 spiro atoms. The molecular formula is C15H23N3O4. The third-order valence-electron chi connectivity index (χ3n) is 3.35. The first-order valence-electron chi connectivity index (χ1n) is 7.72. The van der Waals surface area contributed by atoms with Crippen molar-refractivity contribution in [3.63, 3.8) is 0 Å². The zero-order valence-corrected chi connectivity index (χ0v) is 13.1. The molecule has 0 atom stereocenters. The number of rotatable bonds is 9. The van der Waals surface area contributed by atoms with Crippen molar-refractivity contribution in [3.8, 4) is 0 Å². The van der Waals surface area contributed by atoms with Crippen molar-refractivity contribution in [2.24, 2.45) is 0 Å². The highest BCUT2D eigenvalue weighted by molar-refractivity contribution is 5.75. The highest BCUT2D eigenvalue weighted by Crippen LogP contribution is 2.38. The maximum atomic E-state index is 12.0. The number of ether oxygens (including phenoxy) is 2. The normalized spacial score (nSPS) is 14.3. The van der Waals surface area contributed by atoms with E-state index in [1.807, 2.05) is 13.8 Å². The Labute approximate surface area is 129 Å². The lowest BCUT2D eigenvalue weighted by Crippen LogP contribution is -2.39. The van der Waals surface area contributed by atoms with E-state index in [1.54, 1.807) is 6.07 Å². The van der Waals surface area contributed by atoms with Gasteiger partial charge in [0.2, 0.25) is 5.91 Å². The minimum absolute atomic E-state index is 0.0929. The van der Waals surface area contributed by atoms with E-state index in [0.29, 0.717) is 19.1 Å². The second kappa shape index (κ2) is 8.05. The van der Waals surface area contributed by atoms with E-state index in [4.69, 9.17) is 9.47 Å². The average molecular weight is 309 g/mol. The average Bonchev–Trinajstić information content (AvgIpc) is 3.32. The van der Waals surface area contributed by atoms with E-state index in [1.165, 1.54) is 10.7 Å². The van der Waals surface area contributed by atoms with E-state index in [-0.39, 0.29) is 24.6 Å². The summed E-state index contributed by atoms with van der Waals surface area (Å²) in [6.45, 7) is 4.89. The molecule has 1 heterocycles. The van der Waals surface area contributed by atoms with Gasteiger partial charge in [-0.05, 0) is 32.8 Å². The standard InChI is InChI=1S/C15H23N3O4/c1-3-21-15(22-4-2)9-16-13(19)10-18-14(20)8-7-12(17-18)11-5-6-11/h7-8,11,15H,3-6,9-10H2,1-2H3,(H,16,19). The second-order valence-corrected chi connectivity index (χ2v) is 5.17. The molecule has 1 aliphatic rings. The van der Waals surface area contributed by atoms with E-state index in [0.717, 1.165) is 18.5 Å². The van der Waals surface area contributed by atoms with Crippen LogP contribution in [0.15, 0.2) is 16.9 Å². The molecule has 0 saturated heterocycles. The van der Waals surface area contributed by atoms with E-state index in [2.05, 4.69) is 10.4 Å². The second-order valence-electron chi connectivity index (χ2n) is 5.17. The summed E-state index contributed by atoms with van der Waals surface area (Å²) in [5.74, 6) is 0.155. The van der Waals surface area contributed by atoms with Gasteiger partial charge in [-0.25, -0.2) is 4.68 Å². The van der Waals surface area contributed by atoms with Crippen LogP contribution in [0.1, 0.15) is 38.3 Å². The quantitative estimate of drug-likeness (QED) is 0.677. The van der Waals surface area contributed by atoms with Gasteiger partial charge < -0.3 is 14.8 Å². The molecule has 0 aromatic carbocycles. The fourth-order valence-electron chi connectivity index (χ4n) is 2.10. The van der Waals surface area contributed by atoms with Gasteiger partial charge in [-0.15, -0.1) is 0 Å². The fraction of sp³-hybridized carbons (Fsp3) is 0.667. The number of amides is 1. The third-order valence-corrected chi connectivity index (χ3v) is 3.35. The maximum Gasteiger partial charge on any atom is 0.267 e. The van der Waals surface area contributed by atoms with Gasteiger partial charge in [0.25, 0.3) is 5.56 Å². The fourth-order valence-corrected chi connectivity index (χ4v) is 2.10. The Morgan fingerprint density at radius 2 is 2.05 bits per heavy atom. The van der Waals surface area contributed by atoms with Crippen LogP contribution in [0, 0.1) is 0 Å². The number of aromatic nitrogens is 2. The van der Waals surface area contributed by atoms with Crippen LogP contribution >= 0.6 is 0 Å². The van der Waals surface area contributed by atoms with Crippen molar-refractivity contribution in [2.75, 3.05) is 19.8 Å². The molecule has 7 heteroatoms. The molecule has 1 saturated carbocycles. The van der Waals surface area contributed by atoms with Gasteiger partial charge >= 0.3 is 0 Å². The highest BCUT2D eigenvalue weighted by atomic mass is 16.7. The molecule has 1 amide bonds. The van der Waals surface area contributed by atoms with Crippen LogP contribution in [-0.4, -0.2) is 41.7 Å². The largest absolute Gasteiger partial charge is 0.351 e. The van der Waals surface area contributed by atoms with Crippen molar-refractivity contribution in [2.45, 2.75) is 45.4 Å². The van der Waals surface area contributed by atoms with Crippen LogP contribution in [0.3, 0.4) is 0 Å². The van der Waals surface area contributed by atoms with E-state index >= 15 is 0 Å². The molecule has 0 aliphatic heterocycles. The lowest BCUT2D eigenvalue weighted by Gasteiger charge is -2.17. The SMILES string of the molecule is CCOC(CNC(=O)Cn1nc(C2CC2)ccc1=O)OCC. The summed E-state index contributed by atoms with van der Waals surface area (Å²) < 4.78 is 11.9. The first kappa shape index (κ1) is 16.6. The predicted molar refractivity (Wildman–Crippen MR) is 80.5 cm³/mol. The Balaban J connectivity index is 1.88. The van der Waals surface area contributed by atoms with Crippen LogP contribution in [0.5, 0.6) is 0 Å². The van der Waals surface area contributed by atoms with Gasteiger partial charge in [-0.3, -0.25) is 9.59 Å². The smallest absolute Gasteiger partial charge is 0.267 e. The Bertz CT molecular complexity index is 548. The number of hydrogen-bond acceptors (Lipinski definition) is 5. The lowest BCUT2D eigenvalue weighted by molar-refractivity contribution is -0.140. The predicted octanol–water partition coefficient (Wildman–Crippen LogP) is 0.636. The van der Waals surface area contributed by atoms with Gasteiger partial charge in [0.05, 0.1) is 12.2 Å². The summed E-state index contributed by atoms with van der Waals surface area (Å²) in [4.78, 5) is 23.7. The van der Waals surface area contributed by atoms with E-state index in [9.17, 15) is 9.59 Å². The van der Waals surface area contributed by atoms with Crippen LogP contribution in [0.25, 0.3) is 0 Å². The van der Waals surface area contributed by atoms with Gasteiger partial charge in [0, 0.05) is 25.2 Å². The molecule has 0 unspecified atom stereocenters. The summed E-state index contributed by atoms with van der Waals surface area (Å²) in [5, 5.41) is 6.96. The first-order valence-corrected chi connectivity index (χ1v) is 7.72. The first-order chi connectivity index (χ1) is 10.6. The molecule has 1 aromatic rings. The monoisotopic (exact) mass is 309 g/mol. The number of carbonyl (C=O) groups excluding carboxylic acids is 1. The van der Waals surface area contributed by atoms with Crippen LogP contribution in [-0.2, 0) is 20.8 Å². The van der Waals surface area contributed by atoms with Crippen LogP contribution in [0.4, 0.5) is 0 Å². The lowest BCUT2D eigenvalue weighted by atomic mass is 10.3. The number of nitrogens with one attached hydrogen (secondary N) is 1. The summed E-state index contributed by atoms with van der Waals surface area (Å²) in [6.07, 6.45) is 1.73. The number of nitrogens with zero attached hydrogens (tertiary/aromatic N) is 2. The molecule has 1 aromatic heterocycles. The summed E-state index contributed by atoms with van der Waals surface area (Å²) in [7, 11) is 0. The van der Waals surface area contributed by atoms with Crippen molar-refractivity contribution >= 4 is 5.91 Å². The third kappa shape index (κ3) is 4.92. The molecule has 0 bridgehead atoms. The molecule has 22 heavy (non-hydrogen) atoms. The van der Waals surface area contributed by atoms with Crippen LogP contribution in [0.2, 0.25) is 0 Å². The van der Waals surface area contributed by atoms with Gasteiger partial charge in [-0.2, -0.15) is 5.10 Å². The number of carbonyl (C=O) groups is 1. The Kier molecular flexibility index (Phi) is 6.09. The van der Waals surface area contributed by atoms with Gasteiger partial charge in [-0.1, -0.05) is 0 Å². The molecular weight excluding hydrogens is 286 g/mol. The zero-order valence-electron chi connectivity index (χ0n) is 13.1. The Hall–Kier alpha value is -1.73. The van der Waals surface area contributed by atoms with Crippen molar-refractivity contribution in [1.82, 2.24) is 15.1 Å². The van der Waals surface area contributed by atoms with Gasteiger partial charge in [0.15, 0.2) is 6.29 Å². The van der Waals surface area contributed by atoms with Crippen molar-refractivity contribution in [1.29, 1.82) is 0 Å². The Morgan fingerprint density at radius 1 is 1.36 bits per heavy atom. The van der Waals surface area contributed by atoms with Crippen molar-refractivity contribution < 1.29 is 14.3 Å². The minimum atomic E-state index is -0.471. The zero-order chi connectivity index (χ0) is 15.9. The molecule has 1 fully saturated rings. The maximum absolute atomic E-state index is 12.0. The van der Waals surface area contributed by atoms with Gasteiger partial charge in [0.1, 0.15) is 6.54 Å². The molecule has 122 valence electrons. The summed E-state index contributed by atoms with van der Waals surface area (Å²) in [6, 6.07) is 3.21. The molecule has 1 N–H and O–H groups in total. The molecule has 7 nitrogen and oxygen atoms in total. The van der Waals surface area contributed by atoms with E-state index < -0.39 is 6.29 Å².